The van der Waals surface area contributed by atoms with Gasteiger partial charge in [-0.15, -0.1) is 0 Å². The van der Waals surface area contributed by atoms with Crippen LogP contribution in [0.2, 0.25) is 10.0 Å². The molecule has 1 aromatic rings. The van der Waals surface area contributed by atoms with E-state index in [0.717, 1.165) is 11.8 Å². The average Bonchev–Trinajstić information content (AvgIpc) is 2.62. The van der Waals surface area contributed by atoms with Crippen molar-refractivity contribution in [1.29, 1.82) is 0 Å². The molecule has 5 atom stereocenters. The number of halogens is 2. The Morgan fingerprint density at radius 1 is 1.25 bits per heavy atom. The number of rotatable bonds is 7. The number of nitrogens with two attached hydrogens (primary N) is 1. The number of benzene rings is 1. The lowest BCUT2D eigenvalue weighted by Gasteiger charge is -2.43. The van der Waals surface area contributed by atoms with Crippen molar-refractivity contribution in [2.45, 2.75) is 48.5 Å². The highest BCUT2D eigenvalue weighted by molar-refractivity contribution is 8.00. The molecule has 1 fully saturated rings. The molecule has 0 saturated carbocycles. The van der Waals surface area contributed by atoms with Gasteiger partial charge in [0.25, 0.3) is 6.47 Å². The Morgan fingerprint density at radius 3 is 2.57 bits per heavy atom. The first kappa shape index (κ1) is 22.8. The monoisotopic (exact) mass is 451 g/mol. The fraction of sp³-hybridized carbons (Fsp3) is 0.471. The van der Waals surface area contributed by atoms with Crippen LogP contribution in [0.4, 0.5) is 0 Å². The lowest BCUT2D eigenvalue weighted by atomic mass is 9.97. The van der Waals surface area contributed by atoms with Gasteiger partial charge in [-0.25, -0.2) is 0 Å². The standard InChI is InChI=1S/C17H19Cl2NO7S/c1-8(22)24-6-11-15(26-9(2)23)14(20)16(25-7-21)17(27-11)28-12-5-3-4-10(18)13(12)19/h3-5,7,11,14-17H,6,20H2,1-2H3. The number of hydrogen-bond donors (Lipinski definition) is 1. The molecule has 0 radical (unpaired) electrons. The lowest BCUT2D eigenvalue weighted by Crippen LogP contribution is -2.63. The summed E-state index contributed by atoms with van der Waals surface area (Å²) < 4.78 is 21.3. The van der Waals surface area contributed by atoms with E-state index in [-0.39, 0.29) is 13.1 Å². The van der Waals surface area contributed by atoms with Crippen molar-refractivity contribution in [3.05, 3.63) is 28.2 Å². The van der Waals surface area contributed by atoms with Crippen LogP contribution in [-0.2, 0) is 33.3 Å². The van der Waals surface area contributed by atoms with Crippen molar-refractivity contribution < 1.29 is 33.3 Å². The van der Waals surface area contributed by atoms with Crippen LogP contribution in [0.3, 0.4) is 0 Å². The van der Waals surface area contributed by atoms with Gasteiger partial charge in [0, 0.05) is 18.7 Å². The summed E-state index contributed by atoms with van der Waals surface area (Å²) in [7, 11) is 0. The first-order chi connectivity index (χ1) is 13.2. The van der Waals surface area contributed by atoms with Gasteiger partial charge in [-0.05, 0) is 12.1 Å². The van der Waals surface area contributed by atoms with Crippen LogP contribution in [0.1, 0.15) is 13.8 Å². The Bertz CT molecular complexity index is 735. The van der Waals surface area contributed by atoms with Crippen molar-refractivity contribution >= 4 is 53.4 Å². The second-order valence-electron chi connectivity index (χ2n) is 5.86. The molecule has 1 aromatic carbocycles. The topological polar surface area (TPSA) is 114 Å². The molecule has 0 aliphatic carbocycles. The van der Waals surface area contributed by atoms with E-state index in [1.54, 1.807) is 18.2 Å². The molecule has 1 heterocycles. The number of ether oxygens (including phenoxy) is 4. The van der Waals surface area contributed by atoms with Crippen LogP contribution in [0, 0.1) is 0 Å². The molecular weight excluding hydrogens is 433 g/mol. The molecule has 0 aromatic heterocycles. The molecule has 28 heavy (non-hydrogen) atoms. The minimum absolute atomic E-state index is 0.199. The number of esters is 2. The summed E-state index contributed by atoms with van der Waals surface area (Å²) in [5.74, 6) is -1.14. The van der Waals surface area contributed by atoms with Crippen molar-refractivity contribution in [2.75, 3.05) is 6.61 Å². The first-order valence-electron chi connectivity index (χ1n) is 8.16. The predicted octanol–water partition coefficient (Wildman–Crippen LogP) is 2.17. The third-order valence-electron chi connectivity index (χ3n) is 3.83. The number of hydrogen-bond acceptors (Lipinski definition) is 9. The van der Waals surface area contributed by atoms with Crippen molar-refractivity contribution in [3.63, 3.8) is 0 Å². The Kier molecular flexibility index (Phi) is 8.38. The normalized spacial score (nSPS) is 27.0. The highest BCUT2D eigenvalue weighted by Gasteiger charge is 2.48. The molecule has 0 bridgehead atoms. The quantitative estimate of drug-likeness (QED) is 0.378. The summed E-state index contributed by atoms with van der Waals surface area (Å²) in [4.78, 5) is 34.2. The van der Waals surface area contributed by atoms with Crippen molar-refractivity contribution in [1.82, 2.24) is 0 Å². The van der Waals surface area contributed by atoms with Gasteiger partial charge in [0.1, 0.15) is 24.3 Å². The zero-order chi connectivity index (χ0) is 20.8. The molecule has 11 heteroatoms. The molecule has 0 amide bonds. The Morgan fingerprint density at radius 2 is 1.96 bits per heavy atom. The van der Waals surface area contributed by atoms with Gasteiger partial charge >= 0.3 is 11.9 Å². The number of carbonyl (C=O) groups excluding carboxylic acids is 3. The molecule has 0 spiro atoms. The van der Waals surface area contributed by atoms with Crippen LogP contribution in [0.25, 0.3) is 0 Å². The SMILES string of the molecule is CC(=O)OCC1OC(Sc2cccc(Cl)c2Cl)C(OC=O)C(N)C1OC(C)=O. The fourth-order valence-corrected chi connectivity index (χ4v) is 4.33. The van der Waals surface area contributed by atoms with Crippen LogP contribution in [0.5, 0.6) is 0 Å². The van der Waals surface area contributed by atoms with Crippen molar-refractivity contribution in [3.8, 4) is 0 Å². The van der Waals surface area contributed by atoms with Gasteiger partial charge < -0.3 is 24.7 Å². The number of carbonyl (C=O) groups is 3. The number of thioether (sulfide) groups is 1. The van der Waals surface area contributed by atoms with Crippen LogP contribution < -0.4 is 5.73 Å². The molecule has 8 nitrogen and oxygen atoms in total. The van der Waals surface area contributed by atoms with Gasteiger partial charge in [0.15, 0.2) is 6.10 Å². The molecule has 5 unspecified atom stereocenters. The summed E-state index contributed by atoms with van der Waals surface area (Å²) in [6, 6.07) is 4.11. The summed E-state index contributed by atoms with van der Waals surface area (Å²) in [6.45, 7) is 2.48. The van der Waals surface area contributed by atoms with E-state index in [0.29, 0.717) is 14.9 Å². The molecule has 2 rings (SSSR count). The van der Waals surface area contributed by atoms with Gasteiger partial charge in [0.2, 0.25) is 0 Å². The molecule has 154 valence electrons. The predicted molar refractivity (Wildman–Crippen MR) is 102 cm³/mol. The molecule has 1 aliphatic rings. The van der Waals surface area contributed by atoms with Gasteiger partial charge in [-0.2, -0.15) is 0 Å². The van der Waals surface area contributed by atoms with Gasteiger partial charge in [-0.3, -0.25) is 14.4 Å². The summed E-state index contributed by atoms with van der Waals surface area (Å²) >= 11 is 13.4. The van der Waals surface area contributed by atoms with Crippen LogP contribution >= 0.6 is 35.0 Å². The summed E-state index contributed by atoms with van der Waals surface area (Å²) in [5, 5.41) is 0.642. The highest BCUT2D eigenvalue weighted by Crippen LogP contribution is 2.40. The van der Waals surface area contributed by atoms with E-state index in [1.165, 1.54) is 13.8 Å². The molecule has 1 aliphatic heterocycles. The van der Waals surface area contributed by atoms with E-state index in [9.17, 15) is 14.4 Å². The van der Waals surface area contributed by atoms with E-state index in [4.69, 9.17) is 47.9 Å². The van der Waals surface area contributed by atoms with E-state index < -0.39 is 41.7 Å². The second-order valence-corrected chi connectivity index (χ2v) is 7.79. The van der Waals surface area contributed by atoms with Crippen LogP contribution in [-0.4, -0.2) is 54.8 Å². The van der Waals surface area contributed by atoms with E-state index in [1.807, 2.05) is 0 Å². The Labute approximate surface area is 175 Å². The summed E-state index contributed by atoms with van der Waals surface area (Å²) in [5.41, 5.74) is 5.40. The third-order valence-corrected chi connectivity index (χ3v) is 5.96. The zero-order valence-corrected chi connectivity index (χ0v) is 17.3. The largest absolute Gasteiger partial charge is 0.463 e. The van der Waals surface area contributed by atoms with Crippen LogP contribution in [0.15, 0.2) is 23.1 Å². The fourth-order valence-electron chi connectivity index (χ4n) is 2.64. The van der Waals surface area contributed by atoms with Gasteiger partial charge in [-0.1, -0.05) is 41.0 Å². The van der Waals surface area contributed by atoms with E-state index >= 15 is 0 Å². The molecule has 1 saturated heterocycles. The Hall–Kier alpha value is -1.52. The zero-order valence-electron chi connectivity index (χ0n) is 15.0. The maximum atomic E-state index is 11.5. The minimum atomic E-state index is -0.992. The van der Waals surface area contributed by atoms with E-state index in [2.05, 4.69) is 0 Å². The first-order valence-corrected chi connectivity index (χ1v) is 9.79. The van der Waals surface area contributed by atoms with Crippen molar-refractivity contribution in [2.24, 2.45) is 5.73 Å². The second kappa shape index (κ2) is 10.3. The highest BCUT2D eigenvalue weighted by atomic mass is 35.5. The smallest absolute Gasteiger partial charge is 0.303 e. The average molecular weight is 452 g/mol. The maximum Gasteiger partial charge on any atom is 0.303 e. The summed E-state index contributed by atoms with van der Waals surface area (Å²) in [6.07, 6.45) is -2.83. The Balaban J connectivity index is 2.31. The van der Waals surface area contributed by atoms with Gasteiger partial charge in [0.05, 0.1) is 16.1 Å². The third kappa shape index (κ3) is 5.74. The molecule has 2 N–H and O–H groups in total. The minimum Gasteiger partial charge on any atom is -0.463 e. The lowest BCUT2D eigenvalue weighted by molar-refractivity contribution is -0.197. The maximum absolute atomic E-state index is 11.5. The molecular formula is C17H19Cl2NO7S.